The lowest BCUT2D eigenvalue weighted by Crippen LogP contribution is -1.99. The third-order valence-electron chi connectivity index (χ3n) is 2.65. The minimum atomic E-state index is -0.911. The Kier molecular flexibility index (Phi) is 3.63. The van der Waals surface area contributed by atoms with Crippen LogP contribution in [0.1, 0.15) is 24.2 Å². The molecule has 0 heterocycles. The molecule has 0 saturated carbocycles. The fourth-order valence-corrected chi connectivity index (χ4v) is 1.82. The van der Waals surface area contributed by atoms with Crippen LogP contribution in [0, 0.1) is 12.7 Å². The van der Waals surface area contributed by atoms with Crippen LogP contribution in [0.2, 0.25) is 0 Å². The molecule has 0 amide bonds. The number of aryl methyl sites for hydroxylation is 1. The average molecular weight is 246 g/mol. The zero-order chi connectivity index (χ0) is 13.1. The van der Waals surface area contributed by atoms with Gasteiger partial charge >= 0.3 is 0 Å². The van der Waals surface area contributed by atoms with Crippen LogP contribution in [0.3, 0.4) is 0 Å². The van der Waals surface area contributed by atoms with Crippen molar-refractivity contribution in [2.24, 2.45) is 0 Å². The minimum absolute atomic E-state index is 0.180. The van der Waals surface area contributed by atoms with E-state index in [4.69, 9.17) is 4.74 Å². The van der Waals surface area contributed by atoms with Crippen LogP contribution in [0.4, 0.5) is 4.39 Å². The van der Waals surface area contributed by atoms with E-state index in [2.05, 4.69) is 0 Å². The van der Waals surface area contributed by atoms with Crippen LogP contribution in [-0.4, -0.2) is 5.11 Å². The van der Waals surface area contributed by atoms with E-state index in [-0.39, 0.29) is 5.56 Å². The largest absolute Gasteiger partial charge is 0.457 e. The van der Waals surface area contributed by atoms with Crippen LogP contribution in [0.5, 0.6) is 11.5 Å². The standard InChI is InChI=1S/C15H15FO2/c1-10-5-3-6-12(9-10)18-14-8-4-7-13(16)15(14)11(2)17/h3-9,11,17H,1-2H3/t11-/m1/s1. The van der Waals surface area contributed by atoms with Gasteiger partial charge in [0.25, 0.3) is 0 Å². The number of halogens is 1. The predicted molar refractivity (Wildman–Crippen MR) is 68.3 cm³/mol. The SMILES string of the molecule is Cc1cccc(Oc2cccc(F)c2[C@@H](C)O)c1. The number of aliphatic hydroxyl groups is 1. The van der Waals surface area contributed by atoms with Crippen LogP contribution in [0.15, 0.2) is 42.5 Å². The molecule has 0 spiro atoms. The second kappa shape index (κ2) is 5.19. The minimum Gasteiger partial charge on any atom is -0.457 e. The number of aliphatic hydroxyl groups excluding tert-OH is 1. The summed E-state index contributed by atoms with van der Waals surface area (Å²) < 4.78 is 19.3. The van der Waals surface area contributed by atoms with E-state index in [1.54, 1.807) is 18.2 Å². The van der Waals surface area contributed by atoms with E-state index in [9.17, 15) is 9.50 Å². The molecule has 18 heavy (non-hydrogen) atoms. The Labute approximate surface area is 106 Å². The maximum Gasteiger partial charge on any atom is 0.136 e. The first-order valence-corrected chi connectivity index (χ1v) is 5.79. The van der Waals surface area contributed by atoms with Gasteiger partial charge in [-0.1, -0.05) is 18.2 Å². The lowest BCUT2D eigenvalue weighted by atomic mass is 10.1. The average Bonchev–Trinajstić information content (AvgIpc) is 2.28. The zero-order valence-electron chi connectivity index (χ0n) is 10.4. The Morgan fingerprint density at radius 2 is 1.89 bits per heavy atom. The van der Waals surface area contributed by atoms with Crippen molar-refractivity contribution in [1.82, 2.24) is 0 Å². The fourth-order valence-electron chi connectivity index (χ4n) is 1.82. The van der Waals surface area contributed by atoms with Crippen molar-refractivity contribution >= 4 is 0 Å². The second-order valence-electron chi connectivity index (χ2n) is 4.25. The van der Waals surface area contributed by atoms with Crippen molar-refractivity contribution in [2.45, 2.75) is 20.0 Å². The Balaban J connectivity index is 2.37. The van der Waals surface area contributed by atoms with E-state index in [1.165, 1.54) is 13.0 Å². The summed E-state index contributed by atoms with van der Waals surface area (Å²) in [6, 6.07) is 12.0. The lowest BCUT2D eigenvalue weighted by molar-refractivity contribution is 0.190. The number of hydrogen-bond acceptors (Lipinski definition) is 2. The third-order valence-corrected chi connectivity index (χ3v) is 2.65. The first kappa shape index (κ1) is 12.6. The molecule has 0 unspecified atom stereocenters. The summed E-state index contributed by atoms with van der Waals surface area (Å²) in [7, 11) is 0. The molecule has 94 valence electrons. The second-order valence-corrected chi connectivity index (χ2v) is 4.25. The first-order chi connectivity index (χ1) is 8.58. The fraction of sp³-hybridized carbons (Fsp3) is 0.200. The number of hydrogen-bond donors (Lipinski definition) is 1. The van der Waals surface area contributed by atoms with Gasteiger partial charge in [-0.15, -0.1) is 0 Å². The topological polar surface area (TPSA) is 29.5 Å². The summed E-state index contributed by atoms with van der Waals surface area (Å²) in [6.45, 7) is 3.47. The van der Waals surface area contributed by atoms with Gasteiger partial charge in [0.15, 0.2) is 0 Å². The molecule has 0 aliphatic heterocycles. The van der Waals surface area contributed by atoms with Gasteiger partial charge in [0.05, 0.1) is 11.7 Å². The molecule has 3 heteroatoms. The lowest BCUT2D eigenvalue weighted by Gasteiger charge is -2.14. The van der Waals surface area contributed by atoms with Crippen LogP contribution < -0.4 is 4.74 Å². The van der Waals surface area contributed by atoms with Gasteiger partial charge in [0.1, 0.15) is 17.3 Å². The molecule has 0 radical (unpaired) electrons. The Morgan fingerprint density at radius 1 is 1.17 bits per heavy atom. The molecular weight excluding hydrogens is 231 g/mol. The van der Waals surface area contributed by atoms with Gasteiger partial charge in [-0.2, -0.15) is 0 Å². The van der Waals surface area contributed by atoms with Crippen molar-refractivity contribution in [2.75, 3.05) is 0 Å². The summed E-state index contributed by atoms with van der Waals surface area (Å²) in [5, 5.41) is 9.60. The van der Waals surface area contributed by atoms with Gasteiger partial charge in [-0.3, -0.25) is 0 Å². The molecule has 1 N–H and O–H groups in total. The van der Waals surface area contributed by atoms with Crippen molar-refractivity contribution in [3.63, 3.8) is 0 Å². The Morgan fingerprint density at radius 3 is 2.56 bits per heavy atom. The predicted octanol–water partition coefficient (Wildman–Crippen LogP) is 3.98. The molecule has 0 bridgehead atoms. The van der Waals surface area contributed by atoms with E-state index in [0.29, 0.717) is 11.5 Å². The molecule has 2 nitrogen and oxygen atoms in total. The molecule has 0 aliphatic carbocycles. The molecule has 0 fully saturated rings. The molecule has 0 saturated heterocycles. The van der Waals surface area contributed by atoms with Crippen molar-refractivity contribution in [3.8, 4) is 11.5 Å². The number of rotatable bonds is 3. The number of ether oxygens (including phenoxy) is 1. The van der Waals surface area contributed by atoms with Crippen LogP contribution >= 0.6 is 0 Å². The highest BCUT2D eigenvalue weighted by Crippen LogP contribution is 2.31. The van der Waals surface area contributed by atoms with Crippen LogP contribution in [0.25, 0.3) is 0 Å². The highest BCUT2D eigenvalue weighted by molar-refractivity contribution is 5.40. The normalized spacial score (nSPS) is 12.2. The molecule has 0 aromatic heterocycles. The summed E-state index contributed by atoms with van der Waals surface area (Å²) in [4.78, 5) is 0. The van der Waals surface area contributed by atoms with Gasteiger partial charge in [0.2, 0.25) is 0 Å². The van der Waals surface area contributed by atoms with Gasteiger partial charge < -0.3 is 9.84 Å². The first-order valence-electron chi connectivity index (χ1n) is 5.79. The van der Waals surface area contributed by atoms with Crippen molar-refractivity contribution in [1.29, 1.82) is 0 Å². The molecule has 2 aromatic carbocycles. The quantitative estimate of drug-likeness (QED) is 0.887. The Hall–Kier alpha value is -1.87. The van der Waals surface area contributed by atoms with Gasteiger partial charge in [0, 0.05) is 0 Å². The van der Waals surface area contributed by atoms with Gasteiger partial charge in [-0.05, 0) is 43.7 Å². The maximum absolute atomic E-state index is 13.6. The van der Waals surface area contributed by atoms with Gasteiger partial charge in [-0.25, -0.2) is 4.39 Å². The Bertz CT molecular complexity index is 550. The van der Waals surface area contributed by atoms with Crippen LogP contribution in [-0.2, 0) is 0 Å². The molecule has 2 aromatic rings. The highest BCUT2D eigenvalue weighted by Gasteiger charge is 2.15. The maximum atomic E-state index is 13.6. The van der Waals surface area contributed by atoms with Crippen molar-refractivity contribution in [3.05, 3.63) is 59.4 Å². The summed E-state index contributed by atoms with van der Waals surface area (Å²) in [5.74, 6) is 0.508. The number of benzene rings is 2. The van der Waals surface area contributed by atoms with E-state index in [0.717, 1.165) is 5.56 Å². The molecule has 0 aliphatic rings. The van der Waals surface area contributed by atoms with E-state index in [1.807, 2.05) is 25.1 Å². The summed E-state index contributed by atoms with van der Waals surface area (Å²) >= 11 is 0. The third kappa shape index (κ3) is 2.68. The monoisotopic (exact) mass is 246 g/mol. The van der Waals surface area contributed by atoms with Crippen molar-refractivity contribution < 1.29 is 14.2 Å². The van der Waals surface area contributed by atoms with E-state index >= 15 is 0 Å². The molecular formula is C15H15FO2. The zero-order valence-corrected chi connectivity index (χ0v) is 10.4. The summed E-state index contributed by atoms with van der Waals surface area (Å²) in [5.41, 5.74) is 1.24. The summed E-state index contributed by atoms with van der Waals surface area (Å²) in [6.07, 6.45) is -0.911. The molecule has 2 rings (SSSR count). The van der Waals surface area contributed by atoms with E-state index < -0.39 is 11.9 Å². The smallest absolute Gasteiger partial charge is 0.136 e. The molecule has 1 atom stereocenters. The highest BCUT2D eigenvalue weighted by atomic mass is 19.1.